The van der Waals surface area contributed by atoms with E-state index in [0.29, 0.717) is 6.67 Å². The van der Waals surface area contributed by atoms with Crippen molar-refractivity contribution in [2.45, 2.75) is 38.1 Å². The summed E-state index contributed by atoms with van der Waals surface area (Å²) in [6.45, 7) is 2.59. The summed E-state index contributed by atoms with van der Waals surface area (Å²) in [4.78, 5) is 40.7. The second kappa shape index (κ2) is 8.02. The van der Waals surface area contributed by atoms with Crippen molar-refractivity contribution >= 4 is 54.6 Å². The first kappa shape index (κ1) is 20.0. The summed E-state index contributed by atoms with van der Waals surface area (Å²) >= 11 is 2.88. The van der Waals surface area contributed by atoms with Gasteiger partial charge in [-0.25, -0.2) is 14.9 Å². The molecule has 0 radical (unpaired) electrons. The third kappa shape index (κ3) is 3.62. The Balaban J connectivity index is 1.28. The van der Waals surface area contributed by atoms with Gasteiger partial charge in [-0.15, -0.1) is 11.3 Å². The predicted octanol–water partition coefficient (Wildman–Crippen LogP) is 4.03. The lowest BCUT2D eigenvalue weighted by Gasteiger charge is -2.18. The maximum absolute atomic E-state index is 12.8. The summed E-state index contributed by atoms with van der Waals surface area (Å²) < 4.78 is 2.20. The summed E-state index contributed by atoms with van der Waals surface area (Å²) in [5.74, 6) is 0.782. The Morgan fingerprint density at radius 2 is 2.09 bits per heavy atom. The summed E-state index contributed by atoms with van der Waals surface area (Å²) in [6, 6.07) is 5.85. The Bertz CT molecular complexity index is 1380. The third-order valence-corrected chi connectivity index (χ3v) is 8.46. The molecule has 0 amide bonds. The van der Waals surface area contributed by atoms with Crippen LogP contribution < -0.4 is 10.2 Å². The molecule has 8 nitrogen and oxygen atoms in total. The topological polar surface area (TPSA) is 94.0 Å². The van der Waals surface area contributed by atoms with Crippen LogP contribution in [0.5, 0.6) is 0 Å². The second-order valence-corrected chi connectivity index (χ2v) is 10.6. The monoisotopic (exact) mass is 467 g/mol. The largest absolute Gasteiger partial charge is 0.340 e. The van der Waals surface area contributed by atoms with Gasteiger partial charge >= 0.3 is 4.87 Å². The van der Waals surface area contributed by atoms with Crippen molar-refractivity contribution in [1.82, 2.24) is 19.9 Å². The van der Waals surface area contributed by atoms with Crippen LogP contribution in [0, 0.1) is 4.91 Å². The lowest BCUT2D eigenvalue weighted by Crippen LogP contribution is -2.37. The number of hydrogen-bond acceptors (Lipinski definition) is 8. The van der Waals surface area contributed by atoms with Gasteiger partial charge in [-0.1, -0.05) is 11.3 Å². The summed E-state index contributed by atoms with van der Waals surface area (Å²) in [5, 5.41) is 4.49. The van der Waals surface area contributed by atoms with E-state index >= 15 is 0 Å². The zero-order valence-electron chi connectivity index (χ0n) is 17.5. The van der Waals surface area contributed by atoms with Crippen molar-refractivity contribution in [3.8, 4) is 0 Å². The van der Waals surface area contributed by atoms with Crippen molar-refractivity contribution in [3.63, 3.8) is 0 Å². The molecular weight excluding hydrogens is 444 g/mol. The first-order valence-electron chi connectivity index (χ1n) is 11.0. The van der Waals surface area contributed by atoms with Crippen LogP contribution in [-0.4, -0.2) is 50.4 Å². The van der Waals surface area contributed by atoms with Crippen LogP contribution in [0.2, 0.25) is 0 Å². The average molecular weight is 468 g/mol. The van der Waals surface area contributed by atoms with Crippen molar-refractivity contribution < 1.29 is 4.76 Å². The van der Waals surface area contributed by atoms with Gasteiger partial charge in [0, 0.05) is 46.2 Å². The summed E-state index contributed by atoms with van der Waals surface area (Å²) in [5.41, 5.74) is 3.00. The molecule has 1 aliphatic carbocycles. The highest BCUT2D eigenvalue weighted by Crippen LogP contribution is 2.39. The van der Waals surface area contributed by atoms with Crippen LogP contribution in [0.25, 0.3) is 20.4 Å². The number of aromatic nitrogens is 3. The number of aromatic amines is 1. The standard InChI is InChI=1S/C22H22N6O2S2/c29-22-26-16-6-3-13(9-18(16)32-22)25-20-19-15-5-4-14(28(30)12-27-7-1-2-8-27)10-17(15)31-21(19)24-11-23-20/h3,6,9,11,14H,1-2,4-5,7-8,10,12H2,(H-,23,24,25,26,29)/p+1. The molecule has 4 aromatic rings. The van der Waals surface area contributed by atoms with Gasteiger partial charge in [0.25, 0.3) is 0 Å². The van der Waals surface area contributed by atoms with Crippen molar-refractivity contribution in [2.24, 2.45) is 0 Å². The number of aryl methyl sites for hydroxylation is 1. The number of rotatable bonds is 5. The number of nitrogens with zero attached hydrogens (tertiary/aromatic N) is 4. The van der Waals surface area contributed by atoms with E-state index < -0.39 is 0 Å². The molecule has 1 unspecified atom stereocenters. The highest BCUT2D eigenvalue weighted by Gasteiger charge is 2.34. The zero-order chi connectivity index (χ0) is 21.7. The van der Waals surface area contributed by atoms with E-state index in [1.165, 1.54) is 39.4 Å². The summed E-state index contributed by atoms with van der Waals surface area (Å²) in [7, 11) is 0. The van der Waals surface area contributed by atoms with Crippen LogP contribution in [0.1, 0.15) is 29.7 Å². The quantitative estimate of drug-likeness (QED) is 0.431. The summed E-state index contributed by atoms with van der Waals surface area (Å²) in [6.07, 6.45) is 6.47. The van der Waals surface area contributed by atoms with Gasteiger partial charge in [-0.2, -0.15) is 0 Å². The van der Waals surface area contributed by atoms with E-state index in [2.05, 4.69) is 25.2 Å². The van der Waals surface area contributed by atoms with Gasteiger partial charge in [-0.3, -0.25) is 4.79 Å². The average Bonchev–Trinajstić information content (AvgIpc) is 3.50. The Kier molecular flexibility index (Phi) is 5.00. The van der Waals surface area contributed by atoms with Gasteiger partial charge < -0.3 is 10.3 Å². The fourth-order valence-electron chi connectivity index (χ4n) is 4.83. The molecule has 2 aliphatic rings. The van der Waals surface area contributed by atoms with Crippen LogP contribution in [0.3, 0.4) is 0 Å². The molecule has 3 aromatic heterocycles. The minimum Gasteiger partial charge on any atom is -0.340 e. The highest BCUT2D eigenvalue weighted by atomic mass is 32.1. The normalized spacial score (nSPS) is 18.9. The number of nitrogens with one attached hydrogen (secondary N) is 2. The maximum Gasteiger partial charge on any atom is 0.305 e. The molecular formula is C22H23N6O2S2+. The number of benzene rings is 1. The molecule has 1 aromatic carbocycles. The number of fused-ring (bicyclic) bond motifs is 4. The zero-order valence-corrected chi connectivity index (χ0v) is 19.1. The van der Waals surface area contributed by atoms with Gasteiger partial charge in [0.15, 0.2) is 0 Å². The molecule has 6 rings (SSSR count). The van der Waals surface area contributed by atoms with E-state index in [4.69, 9.17) is 0 Å². The number of likely N-dealkylation sites (tertiary alicyclic amines) is 1. The molecule has 0 bridgehead atoms. The first-order valence-corrected chi connectivity index (χ1v) is 12.6. The third-order valence-electron chi connectivity index (χ3n) is 6.45. The highest BCUT2D eigenvalue weighted by molar-refractivity contribution is 7.19. The minimum absolute atomic E-state index is 0.0271. The van der Waals surface area contributed by atoms with Gasteiger partial charge in [0.1, 0.15) is 17.0 Å². The number of thiazole rings is 1. The molecule has 1 saturated heterocycles. The molecule has 1 atom stereocenters. The van der Waals surface area contributed by atoms with Crippen molar-refractivity contribution in [3.05, 3.63) is 49.5 Å². The fourth-order valence-corrected chi connectivity index (χ4v) is 6.86. The molecule has 10 heteroatoms. The van der Waals surface area contributed by atoms with Gasteiger partial charge in [-0.05, 0) is 43.0 Å². The van der Waals surface area contributed by atoms with Gasteiger partial charge in [0.2, 0.25) is 12.7 Å². The van der Waals surface area contributed by atoms with Crippen molar-refractivity contribution in [2.75, 3.05) is 25.1 Å². The number of nitroso groups, excluding NO2 is 1. The lowest BCUT2D eigenvalue weighted by molar-refractivity contribution is -0.604. The first-order chi connectivity index (χ1) is 15.6. The number of H-pyrrole nitrogens is 1. The predicted molar refractivity (Wildman–Crippen MR) is 128 cm³/mol. The minimum atomic E-state index is -0.0554. The Hall–Kier alpha value is -2.69. The van der Waals surface area contributed by atoms with E-state index in [-0.39, 0.29) is 10.9 Å². The van der Waals surface area contributed by atoms with Crippen LogP contribution in [-0.2, 0) is 12.8 Å². The van der Waals surface area contributed by atoms with Crippen LogP contribution in [0.4, 0.5) is 11.5 Å². The number of hydrogen-bond donors (Lipinski definition) is 2. The number of anilines is 2. The Labute approximate surface area is 191 Å². The van der Waals surface area contributed by atoms with Gasteiger partial charge in [0.05, 0.1) is 15.6 Å². The Morgan fingerprint density at radius 1 is 1.22 bits per heavy atom. The van der Waals surface area contributed by atoms with Crippen molar-refractivity contribution in [1.29, 1.82) is 0 Å². The van der Waals surface area contributed by atoms with Crippen LogP contribution >= 0.6 is 22.7 Å². The molecule has 2 N–H and O–H groups in total. The SMILES string of the molecule is O=c1[nH]c2ccc(Nc3ncnc4sc5c(c34)CCC([N+](=O)CN3CCCC3)C5)cc2s1. The second-order valence-electron chi connectivity index (χ2n) is 8.54. The molecule has 164 valence electrons. The smallest absolute Gasteiger partial charge is 0.305 e. The lowest BCUT2D eigenvalue weighted by atomic mass is 9.93. The Morgan fingerprint density at radius 3 is 2.97 bits per heavy atom. The molecule has 4 heterocycles. The van der Waals surface area contributed by atoms with Crippen LogP contribution in [0.15, 0.2) is 29.3 Å². The fraction of sp³-hybridized carbons (Fsp3) is 0.409. The van der Waals surface area contributed by atoms with E-state index in [9.17, 15) is 9.70 Å². The van der Waals surface area contributed by atoms with E-state index in [1.54, 1.807) is 17.7 Å². The molecule has 1 aliphatic heterocycles. The van der Waals surface area contributed by atoms with E-state index in [1.807, 2.05) is 18.2 Å². The molecule has 32 heavy (non-hydrogen) atoms. The number of thiophene rings is 1. The molecule has 0 saturated carbocycles. The van der Waals surface area contributed by atoms with E-state index in [0.717, 1.165) is 64.3 Å². The molecule has 0 spiro atoms. The molecule has 1 fully saturated rings. The maximum atomic E-state index is 12.8.